The van der Waals surface area contributed by atoms with Crippen LogP contribution in [0, 0.1) is 0 Å². The van der Waals surface area contributed by atoms with Crippen LogP contribution in [0.1, 0.15) is 36.1 Å². The number of fused-ring (bicyclic) bond motifs is 1. The molecule has 1 aromatic heterocycles. The lowest BCUT2D eigenvalue weighted by Crippen LogP contribution is -2.20. The number of para-hydroxylation sites is 1. The first-order valence-electron chi connectivity index (χ1n) is 8.89. The van der Waals surface area contributed by atoms with Gasteiger partial charge in [-0.05, 0) is 44.2 Å². The molecule has 0 aliphatic heterocycles. The molecule has 0 aliphatic rings. The van der Waals surface area contributed by atoms with E-state index in [9.17, 15) is 14.4 Å². The molecule has 150 valence electrons. The zero-order chi connectivity index (χ0) is 21.0. The van der Waals surface area contributed by atoms with E-state index in [-0.39, 0.29) is 23.8 Å². The number of esters is 1. The number of carbonyl (C=O) groups excluding carboxylic acids is 2. The van der Waals surface area contributed by atoms with Crippen LogP contribution in [-0.4, -0.2) is 35.4 Å². The molecular weight excluding hydrogens is 376 g/mol. The largest absolute Gasteiger partial charge is 0.493 e. The second kappa shape index (κ2) is 8.55. The van der Waals surface area contributed by atoms with E-state index in [1.807, 2.05) is 0 Å². The Morgan fingerprint density at radius 2 is 1.90 bits per heavy atom. The maximum Gasteiger partial charge on any atom is 0.344 e. The molecule has 1 atom stereocenters. The normalized spacial score (nSPS) is 11.7. The third-order valence-corrected chi connectivity index (χ3v) is 4.24. The Kier molecular flexibility index (Phi) is 5.92. The number of aromatic nitrogens is 2. The first-order valence-corrected chi connectivity index (χ1v) is 8.89. The van der Waals surface area contributed by atoms with Crippen LogP contribution < -0.4 is 15.0 Å². The number of Topliss-reactive ketones (excluding diaryl/α,β-unsaturated/α-hetero) is 1. The lowest BCUT2D eigenvalue weighted by atomic mass is 10.1. The molecule has 8 heteroatoms. The van der Waals surface area contributed by atoms with Crippen molar-refractivity contribution in [3.63, 3.8) is 0 Å². The van der Waals surface area contributed by atoms with Crippen LogP contribution >= 0.6 is 0 Å². The van der Waals surface area contributed by atoms with Crippen molar-refractivity contribution in [2.45, 2.75) is 20.0 Å². The van der Waals surface area contributed by atoms with Gasteiger partial charge in [-0.15, -0.1) is 0 Å². The number of carbonyl (C=O) groups is 2. The van der Waals surface area contributed by atoms with Gasteiger partial charge in [0.15, 0.2) is 35.8 Å². The summed E-state index contributed by atoms with van der Waals surface area (Å²) < 4.78 is 16.0. The minimum atomic E-state index is -0.773. The zero-order valence-electron chi connectivity index (χ0n) is 16.2. The molecule has 3 rings (SSSR count). The summed E-state index contributed by atoms with van der Waals surface area (Å²) >= 11 is 0. The van der Waals surface area contributed by atoms with Crippen molar-refractivity contribution in [3.05, 3.63) is 64.2 Å². The first kappa shape index (κ1) is 20.1. The molecule has 1 N–H and O–H groups in total. The molecule has 0 radical (unpaired) electrons. The zero-order valence-corrected chi connectivity index (χ0v) is 16.2. The van der Waals surface area contributed by atoms with E-state index in [4.69, 9.17) is 14.2 Å². The fourth-order valence-electron chi connectivity index (χ4n) is 2.73. The Balaban J connectivity index is 1.67. The molecular formula is C21H20N2O6. The molecule has 0 saturated heterocycles. The standard InChI is InChI=1S/C21H20N2O6/c1-12(24)14-8-9-17(18(10-14)27-3)28-11-19(25)29-13(2)20-22-16-7-5-4-6-15(16)21(26)23-20/h4-10,13H,11H2,1-3H3,(H,22,23,26)/t13-/m0/s1. The number of benzene rings is 2. The number of H-pyrrole nitrogens is 1. The summed E-state index contributed by atoms with van der Waals surface area (Å²) in [6.07, 6.45) is -0.773. The number of hydrogen-bond acceptors (Lipinski definition) is 7. The highest BCUT2D eigenvalue weighted by molar-refractivity contribution is 5.94. The predicted molar refractivity (Wildman–Crippen MR) is 105 cm³/mol. The molecule has 0 unspecified atom stereocenters. The molecule has 0 spiro atoms. The van der Waals surface area contributed by atoms with Crippen molar-refractivity contribution >= 4 is 22.7 Å². The Morgan fingerprint density at radius 1 is 1.14 bits per heavy atom. The lowest BCUT2D eigenvalue weighted by molar-refractivity contribution is -0.151. The SMILES string of the molecule is COc1cc(C(C)=O)ccc1OCC(=O)O[C@@H](C)c1nc2ccccc2c(=O)[nH]1. The van der Waals surface area contributed by atoms with E-state index in [2.05, 4.69) is 9.97 Å². The fourth-order valence-corrected chi connectivity index (χ4v) is 2.73. The number of ether oxygens (including phenoxy) is 3. The quantitative estimate of drug-likeness (QED) is 0.483. The highest BCUT2D eigenvalue weighted by Gasteiger charge is 2.17. The molecule has 0 bridgehead atoms. The average Bonchev–Trinajstić information content (AvgIpc) is 2.71. The Hall–Kier alpha value is -3.68. The minimum Gasteiger partial charge on any atom is -0.493 e. The van der Waals surface area contributed by atoms with Crippen molar-refractivity contribution in [2.75, 3.05) is 13.7 Å². The van der Waals surface area contributed by atoms with Gasteiger partial charge in [-0.2, -0.15) is 0 Å². The summed E-state index contributed by atoms with van der Waals surface area (Å²) in [7, 11) is 1.44. The van der Waals surface area contributed by atoms with Gasteiger partial charge in [-0.1, -0.05) is 12.1 Å². The van der Waals surface area contributed by atoms with Crippen LogP contribution in [0.2, 0.25) is 0 Å². The van der Waals surface area contributed by atoms with Crippen LogP contribution in [0.5, 0.6) is 11.5 Å². The topological polar surface area (TPSA) is 108 Å². The third kappa shape index (κ3) is 4.60. The Labute approximate surface area is 166 Å². The monoisotopic (exact) mass is 396 g/mol. The summed E-state index contributed by atoms with van der Waals surface area (Å²) in [6, 6.07) is 11.6. The predicted octanol–water partition coefficient (Wildman–Crippen LogP) is 2.82. The molecule has 0 saturated carbocycles. The molecule has 2 aromatic carbocycles. The number of ketones is 1. The van der Waals surface area contributed by atoms with Crippen LogP contribution in [0.3, 0.4) is 0 Å². The van der Waals surface area contributed by atoms with Crippen molar-refractivity contribution in [2.24, 2.45) is 0 Å². The van der Waals surface area contributed by atoms with Gasteiger partial charge in [0.05, 0.1) is 18.0 Å². The van der Waals surface area contributed by atoms with Gasteiger partial charge in [0.1, 0.15) is 0 Å². The molecule has 8 nitrogen and oxygen atoms in total. The fraction of sp³-hybridized carbons (Fsp3) is 0.238. The van der Waals surface area contributed by atoms with Gasteiger partial charge < -0.3 is 19.2 Å². The van der Waals surface area contributed by atoms with E-state index in [1.54, 1.807) is 43.3 Å². The van der Waals surface area contributed by atoms with E-state index in [0.717, 1.165) is 0 Å². The Morgan fingerprint density at radius 3 is 2.62 bits per heavy atom. The highest BCUT2D eigenvalue weighted by atomic mass is 16.6. The van der Waals surface area contributed by atoms with E-state index in [1.165, 1.54) is 20.1 Å². The van der Waals surface area contributed by atoms with Gasteiger partial charge in [0.25, 0.3) is 5.56 Å². The van der Waals surface area contributed by atoms with Crippen molar-refractivity contribution in [1.29, 1.82) is 0 Å². The number of hydrogen-bond donors (Lipinski definition) is 1. The van der Waals surface area contributed by atoms with Crippen LogP contribution in [0.25, 0.3) is 10.9 Å². The van der Waals surface area contributed by atoms with Gasteiger partial charge in [-0.3, -0.25) is 9.59 Å². The minimum absolute atomic E-state index is 0.111. The second-order valence-electron chi connectivity index (χ2n) is 6.31. The number of aromatic amines is 1. The summed E-state index contributed by atoms with van der Waals surface area (Å²) in [6.45, 7) is 2.67. The number of nitrogens with zero attached hydrogens (tertiary/aromatic N) is 1. The van der Waals surface area contributed by atoms with Gasteiger partial charge >= 0.3 is 5.97 Å². The van der Waals surface area contributed by atoms with Crippen LogP contribution in [0.15, 0.2) is 47.3 Å². The lowest BCUT2D eigenvalue weighted by Gasteiger charge is -2.14. The van der Waals surface area contributed by atoms with E-state index in [0.29, 0.717) is 28.0 Å². The summed E-state index contributed by atoms with van der Waals surface area (Å²) in [4.78, 5) is 42.7. The number of nitrogens with one attached hydrogen (secondary N) is 1. The molecule has 0 fully saturated rings. The van der Waals surface area contributed by atoms with Crippen molar-refractivity contribution < 1.29 is 23.8 Å². The number of methoxy groups -OCH3 is 1. The van der Waals surface area contributed by atoms with E-state index < -0.39 is 12.1 Å². The molecule has 29 heavy (non-hydrogen) atoms. The van der Waals surface area contributed by atoms with Crippen LogP contribution in [0.4, 0.5) is 0 Å². The van der Waals surface area contributed by atoms with Crippen LogP contribution in [-0.2, 0) is 9.53 Å². The van der Waals surface area contributed by atoms with Gasteiger partial charge in [0, 0.05) is 5.56 Å². The molecule has 1 heterocycles. The Bertz CT molecular complexity index is 1120. The summed E-state index contributed by atoms with van der Waals surface area (Å²) in [5.74, 6) is 0.120. The van der Waals surface area contributed by atoms with Crippen molar-refractivity contribution in [3.8, 4) is 11.5 Å². The molecule has 3 aromatic rings. The van der Waals surface area contributed by atoms with Crippen molar-refractivity contribution in [1.82, 2.24) is 9.97 Å². The summed E-state index contributed by atoms with van der Waals surface area (Å²) in [5, 5.41) is 0.458. The maximum absolute atomic E-state index is 12.2. The second-order valence-corrected chi connectivity index (χ2v) is 6.31. The van der Waals surface area contributed by atoms with E-state index >= 15 is 0 Å². The maximum atomic E-state index is 12.2. The first-order chi connectivity index (χ1) is 13.9. The van der Waals surface area contributed by atoms with Gasteiger partial charge in [-0.25, -0.2) is 9.78 Å². The van der Waals surface area contributed by atoms with Gasteiger partial charge in [0.2, 0.25) is 0 Å². The third-order valence-electron chi connectivity index (χ3n) is 4.24. The average molecular weight is 396 g/mol. The molecule has 0 aliphatic carbocycles. The highest BCUT2D eigenvalue weighted by Crippen LogP contribution is 2.28. The number of rotatable bonds is 7. The smallest absolute Gasteiger partial charge is 0.344 e. The molecule has 0 amide bonds. The summed E-state index contributed by atoms with van der Waals surface area (Å²) in [5.41, 5.74) is 0.678.